The molecule has 3 heterocycles. The Bertz CT molecular complexity index is 1960. The van der Waals surface area contributed by atoms with E-state index in [2.05, 4.69) is 41.4 Å². The highest BCUT2D eigenvalue weighted by atomic mass is 35.5. The van der Waals surface area contributed by atoms with E-state index in [1.807, 2.05) is 30.0 Å². The third-order valence-corrected chi connectivity index (χ3v) is 11.3. The summed E-state index contributed by atoms with van der Waals surface area (Å²) in [5, 5.41) is 8.13. The predicted molar refractivity (Wildman–Crippen MR) is 190 cm³/mol. The number of benzene rings is 2. The van der Waals surface area contributed by atoms with E-state index in [1.54, 1.807) is 41.4 Å². The molecule has 12 heteroatoms. The summed E-state index contributed by atoms with van der Waals surface area (Å²) >= 11 is 12.6. The van der Waals surface area contributed by atoms with Gasteiger partial charge in [0.1, 0.15) is 5.69 Å². The zero-order valence-corrected chi connectivity index (χ0v) is 29.1. The van der Waals surface area contributed by atoms with Crippen molar-refractivity contribution in [3.05, 3.63) is 81.0 Å². The standard InChI is InChI=1S/C36H40Cl2N8O2/c1-20-18-45(19-32(47)41-20)35(44-29-14-23-13-27(21(29)2)36(23,3)4)42-25-7-8-26-30(16-25)43-33(31-17-39-10-11-40-31)46(34(26)48)12-9-22-5-6-24(37)15-28(22)38/h5-8,10-11,15-17,20-21,23,27,29H,9,12-14,18-19H2,1-4H3,(H,41,47)(H,42,44)/t20-,21+,23-,27-,29-/m0/s1. The number of halogens is 2. The van der Waals surface area contributed by atoms with E-state index in [0.29, 0.717) is 81.1 Å². The van der Waals surface area contributed by atoms with Crippen molar-refractivity contribution in [2.24, 2.45) is 28.2 Å². The summed E-state index contributed by atoms with van der Waals surface area (Å²) in [4.78, 5) is 47.7. The van der Waals surface area contributed by atoms with E-state index in [4.69, 9.17) is 33.2 Å². The van der Waals surface area contributed by atoms with Crippen LogP contribution in [0.1, 0.15) is 46.1 Å². The fraction of sp³-hybridized carbons (Fsp3) is 0.444. The number of amides is 1. The van der Waals surface area contributed by atoms with Gasteiger partial charge in [-0.05, 0) is 85.3 Å². The first-order valence-corrected chi connectivity index (χ1v) is 17.4. The van der Waals surface area contributed by atoms with Crippen LogP contribution in [0.5, 0.6) is 0 Å². The molecule has 4 fully saturated rings. The number of guanidine groups is 1. The van der Waals surface area contributed by atoms with E-state index in [-0.39, 0.29) is 30.1 Å². The van der Waals surface area contributed by atoms with Gasteiger partial charge in [-0.25, -0.2) is 15.0 Å². The molecular weight excluding hydrogens is 647 g/mol. The largest absolute Gasteiger partial charge is 0.350 e. The number of aliphatic imine (C=N–C) groups is 1. The highest BCUT2D eigenvalue weighted by molar-refractivity contribution is 6.35. The third kappa shape index (κ3) is 6.16. The van der Waals surface area contributed by atoms with Crippen LogP contribution >= 0.6 is 23.2 Å². The quantitative estimate of drug-likeness (QED) is 0.187. The second-order valence-corrected chi connectivity index (χ2v) is 15.0. The molecule has 4 aliphatic rings. The Kier molecular flexibility index (Phi) is 8.66. The second kappa shape index (κ2) is 12.8. The maximum Gasteiger partial charge on any atom is 0.261 e. The van der Waals surface area contributed by atoms with Crippen LogP contribution in [0, 0.1) is 23.2 Å². The van der Waals surface area contributed by atoms with Crippen LogP contribution in [0.2, 0.25) is 10.0 Å². The molecule has 3 saturated carbocycles. The molecule has 8 rings (SSSR count). The monoisotopic (exact) mass is 686 g/mol. The smallest absolute Gasteiger partial charge is 0.261 e. The second-order valence-electron chi connectivity index (χ2n) is 14.1. The van der Waals surface area contributed by atoms with Crippen molar-refractivity contribution >= 4 is 51.7 Å². The number of anilines is 1. The van der Waals surface area contributed by atoms with Gasteiger partial charge in [0.2, 0.25) is 5.91 Å². The Hall–Kier alpha value is -4.02. The first kappa shape index (κ1) is 32.5. The Morgan fingerprint density at radius 3 is 2.65 bits per heavy atom. The summed E-state index contributed by atoms with van der Waals surface area (Å²) in [6.45, 7) is 10.3. The van der Waals surface area contributed by atoms with Crippen molar-refractivity contribution in [3.8, 4) is 11.5 Å². The summed E-state index contributed by atoms with van der Waals surface area (Å²) < 4.78 is 1.63. The van der Waals surface area contributed by atoms with Gasteiger partial charge in [0.25, 0.3) is 5.56 Å². The molecule has 0 spiro atoms. The van der Waals surface area contributed by atoms with Gasteiger partial charge in [-0.15, -0.1) is 0 Å². The highest BCUT2D eigenvalue weighted by Gasteiger charge is 2.56. The van der Waals surface area contributed by atoms with Gasteiger partial charge >= 0.3 is 0 Å². The number of carbonyl (C=O) groups excluding carboxylic acids is 1. The molecule has 2 aromatic carbocycles. The summed E-state index contributed by atoms with van der Waals surface area (Å²) in [6.07, 6.45) is 7.57. The van der Waals surface area contributed by atoms with Crippen molar-refractivity contribution in [1.82, 2.24) is 29.7 Å². The topological polar surface area (TPSA) is 117 Å². The molecule has 2 N–H and O–H groups in total. The molecule has 4 aromatic rings. The van der Waals surface area contributed by atoms with Crippen LogP contribution in [0.15, 0.2) is 64.8 Å². The molecule has 2 bridgehead atoms. The predicted octanol–water partition coefficient (Wildman–Crippen LogP) is 6.06. The van der Waals surface area contributed by atoms with Crippen LogP contribution in [0.25, 0.3) is 22.4 Å². The minimum Gasteiger partial charge on any atom is -0.350 e. The highest BCUT2D eigenvalue weighted by Crippen LogP contribution is 2.61. The van der Waals surface area contributed by atoms with E-state index in [1.165, 1.54) is 6.42 Å². The molecule has 2 aromatic heterocycles. The number of aromatic nitrogens is 4. The van der Waals surface area contributed by atoms with Crippen LogP contribution < -0.4 is 16.2 Å². The molecule has 3 aliphatic carbocycles. The van der Waals surface area contributed by atoms with Gasteiger partial charge in [0.15, 0.2) is 11.8 Å². The van der Waals surface area contributed by atoms with Crippen LogP contribution in [0.3, 0.4) is 0 Å². The SMILES string of the molecule is C[C@H]1[C@@H](N=C(Nc2ccc3c(=O)n(CCc4ccc(Cl)cc4Cl)c(-c4cnccn4)nc3c2)N2CC(=O)N[C@@H](C)C2)C[C@@H]2C[C@@H]1C2(C)C. The number of hydrogen-bond donors (Lipinski definition) is 2. The van der Waals surface area contributed by atoms with Gasteiger partial charge in [0, 0.05) is 47.3 Å². The molecule has 1 saturated heterocycles. The lowest BCUT2D eigenvalue weighted by Gasteiger charge is -2.61. The lowest BCUT2D eigenvalue weighted by atomic mass is 9.45. The van der Waals surface area contributed by atoms with Gasteiger partial charge in [-0.2, -0.15) is 0 Å². The van der Waals surface area contributed by atoms with Gasteiger partial charge in [-0.1, -0.05) is 50.0 Å². The average molecular weight is 688 g/mol. The fourth-order valence-electron chi connectivity index (χ4n) is 7.94. The zero-order valence-electron chi connectivity index (χ0n) is 27.6. The molecule has 0 radical (unpaired) electrons. The Morgan fingerprint density at radius 2 is 1.94 bits per heavy atom. The fourth-order valence-corrected chi connectivity index (χ4v) is 8.44. The summed E-state index contributed by atoms with van der Waals surface area (Å²) in [5.41, 5.74) is 2.77. The normalized spacial score (nSPS) is 25.0. The molecule has 5 atom stereocenters. The number of carbonyl (C=O) groups is 1. The third-order valence-electron chi connectivity index (χ3n) is 10.8. The van der Waals surface area contributed by atoms with Crippen molar-refractivity contribution in [1.29, 1.82) is 0 Å². The molecule has 1 aliphatic heterocycles. The van der Waals surface area contributed by atoms with E-state index in [9.17, 15) is 9.59 Å². The van der Waals surface area contributed by atoms with E-state index < -0.39 is 0 Å². The Labute approximate surface area is 290 Å². The summed E-state index contributed by atoms with van der Waals surface area (Å²) in [5.74, 6) is 2.78. The van der Waals surface area contributed by atoms with Crippen LogP contribution in [0.4, 0.5) is 5.69 Å². The van der Waals surface area contributed by atoms with Crippen molar-refractivity contribution in [2.75, 3.05) is 18.4 Å². The minimum absolute atomic E-state index is 0.0107. The van der Waals surface area contributed by atoms with Crippen molar-refractivity contribution in [3.63, 3.8) is 0 Å². The summed E-state index contributed by atoms with van der Waals surface area (Å²) in [7, 11) is 0. The number of nitrogens with zero attached hydrogens (tertiary/aromatic N) is 6. The Balaban J connectivity index is 1.24. The van der Waals surface area contributed by atoms with Crippen LogP contribution in [-0.4, -0.2) is 61.5 Å². The maximum atomic E-state index is 14.0. The summed E-state index contributed by atoms with van der Waals surface area (Å²) in [6, 6.07) is 11.0. The number of rotatable bonds is 6. The van der Waals surface area contributed by atoms with Gasteiger partial charge in [0.05, 0.1) is 29.7 Å². The molecular formula is C36H40Cl2N8O2. The lowest BCUT2D eigenvalue weighted by molar-refractivity contribution is -0.124. The van der Waals surface area contributed by atoms with E-state index in [0.717, 1.165) is 17.7 Å². The number of piperazine rings is 1. The van der Waals surface area contributed by atoms with Crippen molar-refractivity contribution in [2.45, 2.75) is 65.6 Å². The minimum atomic E-state index is -0.189. The number of hydrogen-bond acceptors (Lipinski definition) is 6. The Morgan fingerprint density at radius 1 is 1.10 bits per heavy atom. The number of nitrogens with one attached hydrogen (secondary N) is 2. The first-order valence-electron chi connectivity index (χ1n) is 16.6. The zero-order chi connectivity index (χ0) is 33.7. The lowest BCUT2D eigenvalue weighted by Crippen LogP contribution is -2.58. The first-order chi connectivity index (χ1) is 23.0. The van der Waals surface area contributed by atoms with Crippen molar-refractivity contribution < 1.29 is 4.79 Å². The molecule has 250 valence electrons. The van der Waals surface area contributed by atoms with E-state index >= 15 is 0 Å². The molecule has 0 unspecified atom stereocenters. The van der Waals surface area contributed by atoms with Gasteiger partial charge < -0.3 is 15.5 Å². The average Bonchev–Trinajstić information content (AvgIpc) is 3.05. The molecule has 48 heavy (non-hydrogen) atoms. The molecule has 1 amide bonds. The number of fused-ring (bicyclic) bond motifs is 3. The maximum absolute atomic E-state index is 14.0. The molecule has 10 nitrogen and oxygen atoms in total. The number of aryl methyl sites for hydroxylation is 1. The van der Waals surface area contributed by atoms with Gasteiger partial charge in [-0.3, -0.25) is 19.1 Å². The van der Waals surface area contributed by atoms with Crippen LogP contribution in [-0.2, 0) is 17.8 Å².